The van der Waals surface area contributed by atoms with Crippen LogP contribution in [0.5, 0.6) is 0 Å². The quantitative estimate of drug-likeness (QED) is 0.396. The van der Waals surface area contributed by atoms with Gasteiger partial charge in [0.25, 0.3) is 0 Å². The van der Waals surface area contributed by atoms with Crippen molar-refractivity contribution in [3.63, 3.8) is 0 Å². The van der Waals surface area contributed by atoms with Crippen LogP contribution >= 0.6 is 0 Å². The van der Waals surface area contributed by atoms with E-state index in [1.807, 2.05) is 18.2 Å². The summed E-state index contributed by atoms with van der Waals surface area (Å²) < 4.78 is 12.4. The molecule has 0 spiro atoms. The summed E-state index contributed by atoms with van der Waals surface area (Å²) in [5.41, 5.74) is 4.53. The van der Waals surface area contributed by atoms with Crippen molar-refractivity contribution in [1.82, 2.24) is 9.88 Å². The van der Waals surface area contributed by atoms with E-state index in [1.165, 1.54) is 12.0 Å². The Balaban J connectivity index is 1.13. The van der Waals surface area contributed by atoms with Crippen molar-refractivity contribution in [3.8, 4) is 0 Å². The Morgan fingerprint density at radius 1 is 1.26 bits per heavy atom. The SMILES string of the molecule is CC1(C)CCO[C@H](c2ccccc2[C@@H](C(=O)O)N2CC[C@@H](OCCCCc3ccc4c(n3)NCCC4)C2)C1. The number of carboxylic acids is 1. The summed E-state index contributed by atoms with van der Waals surface area (Å²) in [7, 11) is 0. The van der Waals surface area contributed by atoms with Gasteiger partial charge in [0.1, 0.15) is 11.9 Å². The van der Waals surface area contributed by atoms with Crippen molar-refractivity contribution in [3.05, 3.63) is 58.8 Å². The van der Waals surface area contributed by atoms with Crippen molar-refractivity contribution in [2.24, 2.45) is 5.41 Å². The minimum atomic E-state index is -0.805. The molecule has 3 atom stereocenters. The average Bonchev–Trinajstić information content (AvgIpc) is 3.36. The van der Waals surface area contributed by atoms with E-state index >= 15 is 0 Å². The van der Waals surface area contributed by atoms with E-state index in [0.29, 0.717) is 19.8 Å². The zero-order valence-corrected chi connectivity index (χ0v) is 23.0. The number of unbranched alkanes of at least 4 members (excludes halogenated alkanes) is 1. The van der Waals surface area contributed by atoms with Gasteiger partial charge < -0.3 is 19.9 Å². The highest BCUT2D eigenvalue weighted by atomic mass is 16.5. The molecule has 38 heavy (non-hydrogen) atoms. The van der Waals surface area contributed by atoms with Gasteiger partial charge in [-0.05, 0) is 79.5 Å². The highest BCUT2D eigenvalue weighted by Gasteiger charge is 2.38. The molecule has 4 heterocycles. The van der Waals surface area contributed by atoms with Gasteiger partial charge in [0.15, 0.2) is 0 Å². The van der Waals surface area contributed by atoms with Gasteiger partial charge >= 0.3 is 5.97 Å². The number of rotatable bonds is 10. The number of carboxylic acid groups (broad SMARTS) is 1. The number of benzene rings is 1. The first-order chi connectivity index (χ1) is 18.4. The maximum absolute atomic E-state index is 12.5. The summed E-state index contributed by atoms with van der Waals surface area (Å²) >= 11 is 0. The molecule has 2 N–H and O–H groups in total. The van der Waals surface area contributed by atoms with Gasteiger partial charge in [0.2, 0.25) is 0 Å². The molecule has 0 aliphatic carbocycles. The van der Waals surface area contributed by atoms with E-state index in [0.717, 1.165) is 80.7 Å². The first kappa shape index (κ1) is 27.1. The standard InChI is InChI=1S/C31H43N3O4/c1-31(2)15-19-38-27(20-31)25-10-3-4-11-26(25)28(30(35)36)34-17-14-24(21-34)37-18-6-5-9-23-13-12-22-8-7-16-32-29(22)33-23/h3-4,10-13,24,27-28H,5-9,14-21H2,1-2H3,(H,32,33)(H,35,36)/t24-,27+,28+/m1/s1. The van der Waals surface area contributed by atoms with Crippen LogP contribution in [-0.4, -0.2) is 59.9 Å². The van der Waals surface area contributed by atoms with Crippen LogP contribution in [0.2, 0.25) is 0 Å². The van der Waals surface area contributed by atoms with Crippen LogP contribution in [0.4, 0.5) is 5.82 Å². The highest BCUT2D eigenvalue weighted by Crippen LogP contribution is 2.42. The number of pyridine rings is 1. The summed E-state index contributed by atoms with van der Waals surface area (Å²) in [6.45, 7) is 8.31. The van der Waals surface area contributed by atoms with Gasteiger partial charge in [0.05, 0.1) is 12.2 Å². The predicted molar refractivity (Wildman–Crippen MR) is 148 cm³/mol. The monoisotopic (exact) mass is 521 g/mol. The largest absolute Gasteiger partial charge is 0.480 e. The number of hydrogen-bond acceptors (Lipinski definition) is 6. The normalized spacial score (nSPS) is 23.9. The third-order valence-electron chi connectivity index (χ3n) is 8.38. The number of aliphatic carboxylic acids is 1. The smallest absolute Gasteiger partial charge is 0.325 e. The van der Waals surface area contributed by atoms with Crippen LogP contribution in [0.15, 0.2) is 36.4 Å². The number of anilines is 1. The summed E-state index contributed by atoms with van der Waals surface area (Å²) in [4.78, 5) is 19.4. The number of aryl methyl sites for hydroxylation is 2. The van der Waals surface area contributed by atoms with Crippen LogP contribution in [0.1, 0.15) is 86.9 Å². The van der Waals surface area contributed by atoms with Crippen molar-refractivity contribution in [2.45, 2.75) is 83.5 Å². The van der Waals surface area contributed by atoms with Crippen molar-refractivity contribution >= 4 is 11.8 Å². The lowest BCUT2D eigenvalue weighted by Crippen LogP contribution is -2.35. The van der Waals surface area contributed by atoms with Gasteiger partial charge in [-0.3, -0.25) is 9.69 Å². The molecule has 7 nitrogen and oxygen atoms in total. The number of ether oxygens (including phenoxy) is 2. The molecule has 3 aliphatic rings. The molecule has 206 valence electrons. The van der Waals surface area contributed by atoms with E-state index in [9.17, 15) is 9.90 Å². The predicted octanol–water partition coefficient (Wildman–Crippen LogP) is 5.56. The maximum atomic E-state index is 12.5. The molecule has 0 unspecified atom stereocenters. The Bertz CT molecular complexity index is 1100. The topological polar surface area (TPSA) is 83.9 Å². The number of likely N-dealkylation sites (tertiary alicyclic amines) is 1. The highest BCUT2D eigenvalue weighted by molar-refractivity contribution is 5.76. The molecule has 2 aromatic rings. The number of hydrogen-bond donors (Lipinski definition) is 2. The Hall–Kier alpha value is -2.48. The van der Waals surface area contributed by atoms with E-state index in [4.69, 9.17) is 14.5 Å². The first-order valence-corrected chi connectivity index (χ1v) is 14.4. The lowest BCUT2D eigenvalue weighted by molar-refractivity contribution is -0.143. The molecule has 0 amide bonds. The third-order valence-corrected chi connectivity index (χ3v) is 8.38. The number of carbonyl (C=O) groups is 1. The third kappa shape index (κ3) is 6.56. The summed E-state index contributed by atoms with van der Waals surface area (Å²) in [6.07, 6.45) is 8.05. The van der Waals surface area contributed by atoms with Crippen LogP contribution in [0.25, 0.3) is 0 Å². The van der Waals surface area contributed by atoms with Crippen molar-refractivity contribution in [2.75, 3.05) is 38.2 Å². The molecule has 2 saturated heterocycles. The molecular formula is C31H43N3O4. The van der Waals surface area contributed by atoms with Crippen LogP contribution in [0.3, 0.4) is 0 Å². The maximum Gasteiger partial charge on any atom is 0.325 e. The first-order valence-electron chi connectivity index (χ1n) is 14.4. The molecule has 0 radical (unpaired) electrons. The molecule has 2 fully saturated rings. The fourth-order valence-corrected chi connectivity index (χ4v) is 6.17. The van der Waals surface area contributed by atoms with Crippen molar-refractivity contribution < 1.29 is 19.4 Å². The second-order valence-corrected chi connectivity index (χ2v) is 11.9. The van der Waals surface area contributed by atoms with Gasteiger partial charge in [0, 0.05) is 38.5 Å². The molecule has 5 rings (SSSR count). The number of nitrogens with one attached hydrogen (secondary N) is 1. The Morgan fingerprint density at radius 3 is 2.97 bits per heavy atom. The Labute approximate surface area is 226 Å². The van der Waals surface area contributed by atoms with Crippen LogP contribution in [0, 0.1) is 5.41 Å². The lowest BCUT2D eigenvalue weighted by Gasteiger charge is -2.37. The van der Waals surface area contributed by atoms with Crippen LogP contribution < -0.4 is 5.32 Å². The lowest BCUT2D eigenvalue weighted by atomic mass is 9.79. The zero-order chi connectivity index (χ0) is 26.5. The molecule has 0 saturated carbocycles. The van der Waals surface area contributed by atoms with E-state index < -0.39 is 12.0 Å². The molecule has 1 aromatic carbocycles. The summed E-state index contributed by atoms with van der Waals surface area (Å²) in [6, 6.07) is 11.6. The Morgan fingerprint density at radius 2 is 2.13 bits per heavy atom. The molecule has 7 heteroatoms. The fraction of sp³-hybridized carbons (Fsp3) is 0.613. The van der Waals surface area contributed by atoms with Crippen LogP contribution in [-0.2, 0) is 27.1 Å². The minimum absolute atomic E-state index is 0.0631. The minimum Gasteiger partial charge on any atom is -0.480 e. The zero-order valence-electron chi connectivity index (χ0n) is 23.0. The molecule has 0 bridgehead atoms. The van der Waals surface area contributed by atoms with E-state index in [1.54, 1.807) is 0 Å². The second kappa shape index (κ2) is 12.1. The van der Waals surface area contributed by atoms with E-state index in [-0.39, 0.29) is 17.6 Å². The van der Waals surface area contributed by atoms with E-state index in [2.05, 4.69) is 42.3 Å². The average molecular weight is 522 g/mol. The fourth-order valence-electron chi connectivity index (χ4n) is 6.17. The molecule has 1 aromatic heterocycles. The van der Waals surface area contributed by atoms with Gasteiger partial charge in [-0.25, -0.2) is 4.98 Å². The molecular weight excluding hydrogens is 478 g/mol. The van der Waals surface area contributed by atoms with Gasteiger partial charge in [-0.2, -0.15) is 0 Å². The number of fused-ring (bicyclic) bond motifs is 1. The van der Waals surface area contributed by atoms with Crippen molar-refractivity contribution in [1.29, 1.82) is 0 Å². The van der Waals surface area contributed by atoms with Gasteiger partial charge in [-0.15, -0.1) is 0 Å². The van der Waals surface area contributed by atoms with Gasteiger partial charge in [-0.1, -0.05) is 44.2 Å². The second-order valence-electron chi connectivity index (χ2n) is 11.9. The summed E-state index contributed by atoms with van der Waals surface area (Å²) in [5, 5.41) is 13.7. The Kier molecular flexibility index (Phi) is 8.66. The molecule has 3 aliphatic heterocycles. The number of nitrogens with zero attached hydrogens (tertiary/aromatic N) is 2. The summed E-state index contributed by atoms with van der Waals surface area (Å²) in [5.74, 6) is 0.254. The number of aromatic nitrogens is 1.